The van der Waals surface area contributed by atoms with E-state index in [9.17, 15) is 9.59 Å². The van der Waals surface area contributed by atoms with E-state index in [4.69, 9.17) is 11.6 Å². The molecule has 1 aliphatic carbocycles. The van der Waals surface area contributed by atoms with Gasteiger partial charge in [-0.1, -0.05) is 67.3 Å². The molecule has 3 nitrogen and oxygen atoms in total. The van der Waals surface area contributed by atoms with E-state index in [1.807, 2.05) is 42.5 Å². The van der Waals surface area contributed by atoms with Gasteiger partial charge >= 0.3 is 0 Å². The Morgan fingerprint density at radius 1 is 1.04 bits per heavy atom. The Bertz CT molecular complexity index is 1090. The van der Waals surface area contributed by atoms with Gasteiger partial charge in [0.25, 0.3) is 5.56 Å². The third-order valence-electron chi connectivity index (χ3n) is 5.50. The first kappa shape index (κ1) is 18.7. The number of halogens is 1. The molecular formula is C24H22ClNO2. The second-order valence-electron chi connectivity index (χ2n) is 7.38. The van der Waals surface area contributed by atoms with Crippen LogP contribution in [-0.2, 0) is 0 Å². The fourth-order valence-electron chi connectivity index (χ4n) is 4.17. The lowest BCUT2D eigenvalue weighted by atomic mass is 9.80. The van der Waals surface area contributed by atoms with Crippen LogP contribution in [0, 0.1) is 0 Å². The van der Waals surface area contributed by atoms with E-state index in [1.165, 1.54) is 12.5 Å². The quantitative estimate of drug-likeness (QED) is 0.430. The molecule has 28 heavy (non-hydrogen) atoms. The zero-order valence-corrected chi connectivity index (χ0v) is 16.3. The van der Waals surface area contributed by atoms with E-state index in [0.717, 1.165) is 47.7 Å². The molecule has 0 radical (unpaired) electrons. The summed E-state index contributed by atoms with van der Waals surface area (Å²) in [6.07, 6.45) is 8.69. The number of ketones is 1. The Hall–Kier alpha value is -2.65. The van der Waals surface area contributed by atoms with E-state index < -0.39 is 0 Å². The van der Waals surface area contributed by atoms with Gasteiger partial charge in [0.05, 0.1) is 5.56 Å². The minimum absolute atomic E-state index is 0.209. The standard InChI is InChI=1S/C24H22ClNO2/c25-18-12-13-20-19(15-18)22(17-9-5-2-6-10-17)23(24(28)26-20)21(27)14-11-16-7-3-1-4-8-16/h1,3-4,7-8,11-15,17H,2,5-6,9-10H2,(H,26,28). The van der Waals surface area contributed by atoms with Crippen LogP contribution in [0.3, 0.4) is 0 Å². The molecule has 0 bridgehead atoms. The van der Waals surface area contributed by atoms with Crippen LogP contribution in [0.15, 0.2) is 59.4 Å². The number of carbonyl (C=O) groups is 1. The van der Waals surface area contributed by atoms with Crippen LogP contribution in [0.4, 0.5) is 0 Å². The summed E-state index contributed by atoms with van der Waals surface area (Å²) in [5.74, 6) is -0.0476. The van der Waals surface area contributed by atoms with Gasteiger partial charge in [0, 0.05) is 15.9 Å². The van der Waals surface area contributed by atoms with Gasteiger partial charge in [0.2, 0.25) is 0 Å². The summed E-state index contributed by atoms with van der Waals surface area (Å²) in [7, 11) is 0. The van der Waals surface area contributed by atoms with Crippen molar-refractivity contribution in [2.24, 2.45) is 0 Å². The highest BCUT2D eigenvalue weighted by atomic mass is 35.5. The number of pyridine rings is 1. The fraction of sp³-hybridized carbons (Fsp3) is 0.250. The van der Waals surface area contributed by atoms with Gasteiger partial charge in [-0.3, -0.25) is 9.59 Å². The molecule has 3 aromatic rings. The van der Waals surface area contributed by atoms with Crippen LogP contribution in [-0.4, -0.2) is 10.8 Å². The van der Waals surface area contributed by atoms with Crippen LogP contribution in [0.1, 0.15) is 59.5 Å². The molecule has 0 unspecified atom stereocenters. The average Bonchev–Trinajstić information content (AvgIpc) is 2.73. The van der Waals surface area contributed by atoms with Gasteiger partial charge in [-0.25, -0.2) is 0 Å². The molecule has 0 aliphatic heterocycles. The zero-order valence-electron chi connectivity index (χ0n) is 15.6. The summed E-state index contributed by atoms with van der Waals surface area (Å²) in [6, 6.07) is 15.1. The fourth-order valence-corrected chi connectivity index (χ4v) is 4.34. The summed E-state index contributed by atoms with van der Waals surface area (Å²) in [5, 5.41) is 1.49. The first-order valence-electron chi connectivity index (χ1n) is 9.76. The van der Waals surface area contributed by atoms with Crippen molar-refractivity contribution >= 4 is 34.4 Å². The lowest BCUT2D eigenvalue weighted by molar-refractivity contribution is 0.104. The maximum atomic E-state index is 13.1. The third-order valence-corrected chi connectivity index (χ3v) is 5.74. The van der Waals surface area contributed by atoms with Crippen LogP contribution in [0.5, 0.6) is 0 Å². The van der Waals surface area contributed by atoms with Gasteiger partial charge in [-0.05, 0) is 54.2 Å². The lowest BCUT2D eigenvalue weighted by Gasteiger charge is -2.25. The first-order valence-corrected chi connectivity index (χ1v) is 10.1. The molecule has 1 heterocycles. The lowest BCUT2D eigenvalue weighted by Crippen LogP contribution is -2.22. The topological polar surface area (TPSA) is 49.9 Å². The third kappa shape index (κ3) is 3.81. The average molecular weight is 392 g/mol. The largest absolute Gasteiger partial charge is 0.321 e. The van der Waals surface area contributed by atoms with Crippen molar-refractivity contribution in [3.05, 3.63) is 86.7 Å². The SMILES string of the molecule is O=C(C=Cc1ccccc1)c1c(C2CCCCC2)c2cc(Cl)ccc2[nH]c1=O. The predicted molar refractivity (Wildman–Crippen MR) is 115 cm³/mol. The Morgan fingerprint density at radius 3 is 2.54 bits per heavy atom. The summed E-state index contributed by atoms with van der Waals surface area (Å²) in [5.41, 5.74) is 2.46. The summed E-state index contributed by atoms with van der Waals surface area (Å²) >= 11 is 6.25. The van der Waals surface area contributed by atoms with E-state index in [2.05, 4.69) is 4.98 Å². The summed E-state index contributed by atoms with van der Waals surface area (Å²) in [4.78, 5) is 28.9. The molecule has 1 saturated carbocycles. The molecule has 1 fully saturated rings. The minimum Gasteiger partial charge on any atom is -0.321 e. The molecule has 1 N–H and O–H groups in total. The number of rotatable bonds is 4. The van der Waals surface area contributed by atoms with Crippen molar-refractivity contribution in [1.29, 1.82) is 0 Å². The van der Waals surface area contributed by atoms with Gasteiger partial charge < -0.3 is 4.98 Å². The Balaban J connectivity index is 1.86. The molecule has 1 aromatic heterocycles. The number of aromatic amines is 1. The molecule has 2 aromatic carbocycles. The van der Waals surface area contributed by atoms with Crippen molar-refractivity contribution in [1.82, 2.24) is 4.98 Å². The van der Waals surface area contributed by atoms with Gasteiger partial charge in [-0.2, -0.15) is 0 Å². The molecule has 0 spiro atoms. The second kappa shape index (κ2) is 8.15. The van der Waals surface area contributed by atoms with E-state index in [-0.39, 0.29) is 22.8 Å². The van der Waals surface area contributed by atoms with Crippen molar-refractivity contribution in [2.45, 2.75) is 38.0 Å². The highest BCUT2D eigenvalue weighted by Gasteiger charge is 2.26. The Labute approximate surface area is 169 Å². The van der Waals surface area contributed by atoms with Crippen molar-refractivity contribution in [3.8, 4) is 0 Å². The number of aromatic nitrogens is 1. The number of hydrogen-bond donors (Lipinski definition) is 1. The van der Waals surface area contributed by atoms with Crippen LogP contribution in [0.25, 0.3) is 17.0 Å². The van der Waals surface area contributed by atoms with Crippen LogP contribution < -0.4 is 5.56 Å². The number of nitrogens with one attached hydrogen (secondary N) is 1. The number of H-pyrrole nitrogens is 1. The molecule has 0 atom stereocenters. The van der Waals surface area contributed by atoms with Crippen molar-refractivity contribution in [3.63, 3.8) is 0 Å². The number of fused-ring (bicyclic) bond motifs is 1. The van der Waals surface area contributed by atoms with Crippen molar-refractivity contribution in [2.75, 3.05) is 0 Å². The number of carbonyl (C=O) groups excluding carboxylic acids is 1. The smallest absolute Gasteiger partial charge is 0.259 e. The predicted octanol–water partition coefficient (Wildman–Crippen LogP) is 6.13. The molecular weight excluding hydrogens is 370 g/mol. The Kier molecular flexibility index (Phi) is 5.45. The maximum absolute atomic E-state index is 13.1. The zero-order chi connectivity index (χ0) is 19.5. The minimum atomic E-state index is -0.321. The number of benzene rings is 2. The molecule has 142 valence electrons. The van der Waals surface area contributed by atoms with Crippen LogP contribution in [0.2, 0.25) is 5.02 Å². The van der Waals surface area contributed by atoms with E-state index >= 15 is 0 Å². The summed E-state index contributed by atoms with van der Waals surface area (Å²) < 4.78 is 0. The molecule has 0 amide bonds. The number of allylic oxidation sites excluding steroid dienone is 1. The van der Waals surface area contributed by atoms with Gasteiger partial charge in [-0.15, -0.1) is 0 Å². The van der Waals surface area contributed by atoms with Crippen LogP contribution >= 0.6 is 11.6 Å². The highest BCUT2D eigenvalue weighted by Crippen LogP contribution is 2.38. The molecule has 4 heteroatoms. The maximum Gasteiger partial charge on any atom is 0.259 e. The Morgan fingerprint density at radius 2 is 1.79 bits per heavy atom. The first-order chi connectivity index (χ1) is 13.6. The highest BCUT2D eigenvalue weighted by molar-refractivity contribution is 6.31. The van der Waals surface area contributed by atoms with Gasteiger partial charge in [0.15, 0.2) is 5.78 Å². The summed E-state index contributed by atoms with van der Waals surface area (Å²) in [6.45, 7) is 0. The number of hydrogen-bond acceptors (Lipinski definition) is 2. The second-order valence-corrected chi connectivity index (χ2v) is 7.81. The molecule has 4 rings (SSSR count). The van der Waals surface area contributed by atoms with E-state index in [0.29, 0.717) is 5.02 Å². The van der Waals surface area contributed by atoms with E-state index in [1.54, 1.807) is 12.1 Å². The van der Waals surface area contributed by atoms with Crippen molar-refractivity contribution < 1.29 is 4.79 Å². The molecule has 0 saturated heterocycles. The van der Waals surface area contributed by atoms with Gasteiger partial charge in [0.1, 0.15) is 0 Å². The molecule has 1 aliphatic rings. The monoisotopic (exact) mass is 391 g/mol. The normalized spacial score (nSPS) is 15.3.